The first-order chi connectivity index (χ1) is 9.81. The molecular formula is C17H26N2O. The molecule has 0 atom stereocenters. The third-order valence-corrected chi connectivity index (χ3v) is 2.98. The molecule has 0 bridgehead atoms. The van der Waals surface area contributed by atoms with Gasteiger partial charge in [0.15, 0.2) is 0 Å². The summed E-state index contributed by atoms with van der Waals surface area (Å²) < 4.78 is 5.91. The largest absolute Gasteiger partial charge is 0.492 e. The zero-order valence-electron chi connectivity index (χ0n) is 12.5. The molecule has 0 spiro atoms. The summed E-state index contributed by atoms with van der Waals surface area (Å²) in [4.78, 5) is 2.24. The van der Waals surface area contributed by atoms with E-state index in [0.29, 0.717) is 6.61 Å². The van der Waals surface area contributed by atoms with Crippen LogP contribution >= 0.6 is 0 Å². The Balaban J connectivity index is 2.47. The fourth-order valence-corrected chi connectivity index (χ4v) is 1.96. The number of rotatable bonds is 11. The standard InChI is InChI=1S/C17H26N2O/c1-4-11-19(12-5-2)13-14-20-17-10-8-7-9-16(17)15-18-6-3/h4-5,7-10,18H,1-2,6,11-15H2,3H3. The molecule has 0 fully saturated rings. The molecule has 0 aliphatic rings. The lowest BCUT2D eigenvalue weighted by Gasteiger charge is -2.19. The monoisotopic (exact) mass is 274 g/mol. The predicted molar refractivity (Wildman–Crippen MR) is 86.2 cm³/mol. The molecule has 0 amide bonds. The van der Waals surface area contributed by atoms with Crippen LogP contribution in [0.1, 0.15) is 12.5 Å². The van der Waals surface area contributed by atoms with Crippen molar-refractivity contribution in [2.75, 3.05) is 32.8 Å². The smallest absolute Gasteiger partial charge is 0.123 e. The van der Waals surface area contributed by atoms with Gasteiger partial charge in [0.25, 0.3) is 0 Å². The van der Waals surface area contributed by atoms with Crippen molar-refractivity contribution in [1.29, 1.82) is 0 Å². The lowest BCUT2D eigenvalue weighted by atomic mass is 10.2. The van der Waals surface area contributed by atoms with Gasteiger partial charge in [-0.1, -0.05) is 37.3 Å². The van der Waals surface area contributed by atoms with Crippen molar-refractivity contribution in [1.82, 2.24) is 10.2 Å². The van der Waals surface area contributed by atoms with Gasteiger partial charge in [-0.15, -0.1) is 13.2 Å². The summed E-state index contributed by atoms with van der Waals surface area (Å²) in [5, 5.41) is 3.33. The van der Waals surface area contributed by atoms with Gasteiger partial charge in [0.05, 0.1) is 0 Å². The molecule has 1 rings (SSSR count). The van der Waals surface area contributed by atoms with Gasteiger partial charge in [-0.2, -0.15) is 0 Å². The van der Waals surface area contributed by atoms with Crippen molar-refractivity contribution in [3.63, 3.8) is 0 Å². The van der Waals surface area contributed by atoms with Crippen LogP contribution in [0.4, 0.5) is 0 Å². The Kier molecular flexibility index (Phi) is 8.43. The van der Waals surface area contributed by atoms with Crippen molar-refractivity contribution in [2.45, 2.75) is 13.5 Å². The molecule has 0 aliphatic carbocycles. The Hall–Kier alpha value is -1.58. The average molecular weight is 274 g/mol. The van der Waals surface area contributed by atoms with E-state index in [0.717, 1.165) is 38.5 Å². The van der Waals surface area contributed by atoms with Crippen molar-refractivity contribution >= 4 is 0 Å². The van der Waals surface area contributed by atoms with Gasteiger partial charge in [-0.25, -0.2) is 0 Å². The van der Waals surface area contributed by atoms with E-state index >= 15 is 0 Å². The first-order valence-corrected chi connectivity index (χ1v) is 7.17. The van der Waals surface area contributed by atoms with E-state index in [-0.39, 0.29) is 0 Å². The van der Waals surface area contributed by atoms with E-state index in [1.165, 1.54) is 5.56 Å². The fraction of sp³-hybridized carbons (Fsp3) is 0.412. The lowest BCUT2D eigenvalue weighted by molar-refractivity contribution is 0.235. The fourth-order valence-electron chi connectivity index (χ4n) is 1.96. The van der Waals surface area contributed by atoms with Gasteiger partial charge in [-0.3, -0.25) is 4.90 Å². The minimum absolute atomic E-state index is 0.671. The number of ether oxygens (including phenoxy) is 1. The van der Waals surface area contributed by atoms with Crippen molar-refractivity contribution in [2.24, 2.45) is 0 Å². The van der Waals surface area contributed by atoms with Crippen LogP contribution in [-0.4, -0.2) is 37.7 Å². The maximum atomic E-state index is 5.91. The molecular weight excluding hydrogens is 248 g/mol. The zero-order valence-corrected chi connectivity index (χ0v) is 12.5. The molecule has 1 aromatic carbocycles. The highest BCUT2D eigenvalue weighted by Gasteiger charge is 2.04. The van der Waals surface area contributed by atoms with E-state index in [1.807, 2.05) is 30.4 Å². The molecule has 0 radical (unpaired) electrons. The second-order valence-corrected chi connectivity index (χ2v) is 4.57. The Morgan fingerprint density at radius 2 is 1.90 bits per heavy atom. The number of nitrogens with one attached hydrogen (secondary N) is 1. The third-order valence-electron chi connectivity index (χ3n) is 2.98. The summed E-state index contributed by atoms with van der Waals surface area (Å²) in [5.74, 6) is 0.964. The van der Waals surface area contributed by atoms with Crippen molar-refractivity contribution in [3.8, 4) is 5.75 Å². The molecule has 20 heavy (non-hydrogen) atoms. The van der Waals surface area contributed by atoms with Crippen LogP contribution in [0.2, 0.25) is 0 Å². The summed E-state index contributed by atoms with van der Waals surface area (Å²) in [6, 6.07) is 8.18. The molecule has 1 N–H and O–H groups in total. The van der Waals surface area contributed by atoms with Gasteiger partial charge < -0.3 is 10.1 Å². The second kappa shape index (κ2) is 10.2. The Bertz CT molecular complexity index is 394. The third kappa shape index (κ3) is 6.04. The molecule has 110 valence electrons. The van der Waals surface area contributed by atoms with Crippen LogP contribution in [0, 0.1) is 0 Å². The van der Waals surface area contributed by atoms with Gasteiger partial charge in [-0.05, 0) is 12.6 Å². The molecule has 3 nitrogen and oxygen atoms in total. The number of nitrogens with zero attached hydrogens (tertiary/aromatic N) is 1. The van der Waals surface area contributed by atoms with Crippen molar-refractivity contribution < 1.29 is 4.74 Å². The topological polar surface area (TPSA) is 24.5 Å². The van der Waals surface area contributed by atoms with E-state index in [9.17, 15) is 0 Å². The molecule has 3 heteroatoms. The minimum Gasteiger partial charge on any atom is -0.492 e. The summed E-state index contributed by atoms with van der Waals surface area (Å²) in [6.45, 7) is 14.7. The Morgan fingerprint density at radius 3 is 2.55 bits per heavy atom. The van der Waals surface area contributed by atoms with Crippen LogP contribution in [0.25, 0.3) is 0 Å². The SMILES string of the molecule is C=CCN(CC=C)CCOc1ccccc1CNCC. The molecule has 0 unspecified atom stereocenters. The predicted octanol–water partition coefficient (Wildman–Crippen LogP) is 2.85. The number of hydrogen-bond acceptors (Lipinski definition) is 3. The summed E-state index contributed by atoms with van der Waals surface area (Å²) in [7, 11) is 0. The van der Waals surface area contributed by atoms with Crippen LogP contribution in [0.15, 0.2) is 49.6 Å². The molecule has 0 saturated carbocycles. The van der Waals surface area contributed by atoms with Gasteiger partial charge in [0.2, 0.25) is 0 Å². The van der Waals surface area contributed by atoms with E-state index in [4.69, 9.17) is 4.74 Å². The second-order valence-electron chi connectivity index (χ2n) is 4.57. The van der Waals surface area contributed by atoms with Crippen molar-refractivity contribution in [3.05, 3.63) is 55.1 Å². The molecule has 0 aromatic heterocycles. The Morgan fingerprint density at radius 1 is 1.20 bits per heavy atom. The van der Waals surface area contributed by atoms with Crippen LogP contribution in [-0.2, 0) is 6.54 Å². The number of para-hydroxylation sites is 1. The van der Waals surface area contributed by atoms with E-state index < -0.39 is 0 Å². The normalized spacial score (nSPS) is 10.5. The van der Waals surface area contributed by atoms with Crippen LogP contribution < -0.4 is 10.1 Å². The first kappa shape index (κ1) is 16.5. The average Bonchev–Trinajstić information content (AvgIpc) is 2.46. The highest BCUT2D eigenvalue weighted by atomic mass is 16.5. The number of benzene rings is 1. The molecule has 0 aliphatic heterocycles. The molecule has 1 aromatic rings. The van der Waals surface area contributed by atoms with Crippen LogP contribution in [0.5, 0.6) is 5.75 Å². The maximum Gasteiger partial charge on any atom is 0.123 e. The summed E-state index contributed by atoms with van der Waals surface area (Å²) in [6.07, 6.45) is 3.81. The number of hydrogen-bond donors (Lipinski definition) is 1. The van der Waals surface area contributed by atoms with E-state index in [1.54, 1.807) is 0 Å². The molecule has 0 saturated heterocycles. The van der Waals surface area contributed by atoms with Gasteiger partial charge in [0, 0.05) is 31.7 Å². The maximum absolute atomic E-state index is 5.91. The summed E-state index contributed by atoms with van der Waals surface area (Å²) in [5.41, 5.74) is 1.20. The van der Waals surface area contributed by atoms with Gasteiger partial charge in [0.1, 0.15) is 12.4 Å². The van der Waals surface area contributed by atoms with Gasteiger partial charge >= 0.3 is 0 Å². The minimum atomic E-state index is 0.671. The quantitative estimate of drug-likeness (QED) is 0.628. The highest BCUT2D eigenvalue weighted by molar-refractivity contribution is 5.33. The van der Waals surface area contributed by atoms with Crippen LogP contribution in [0.3, 0.4) is 0 Å². The highest BCUT2D eigenvalue weighted by Crippen LogP contribution is 2.17. The lowest BCUT2D eigenvalue weighted by Crippen LogP contribution is -2.29. The molecule has 0 heterocycles. The van der Waals surface area contributed by atoms with E-state index in [2.05, 4.69) is 36.4 Å². The first-order valence-electron chi connectivity index (χ1n) is 7.17. The zero-order chi connectivity index (χ0) is 14.6. The Labute approximate surface area is 122 Å². The summed E-state index contributed by atoms with van der Waals surface area (Å²) >= 11 is 0.